The van der Waals surface area contributed by atoms with Gasteiger partial charge in [0.2, 0.25) is 11.6 Å². The topological polar surface area (TPSA) is 72.3 Å². The van der Waals surface area contributed by atoms with Crippen molar-refractivity contribution in [3.63, 3.8) is 0 Å². The average molecular weight is 265 g/mol. The van der Waals surface area contributed by atoms with Gasteiger partial charge in [-0.2, -0.15) is 0 Å². The zero-order chi connectivity index (χ0) is 13.0. The van der Waals surface area contributed by atoms with Crippen molar-refractivity contribution in [2.75, 3.05) is 0 Å². The Kier molecular flexibility index (Phi) is 3.74. The van der Waals surface area contributed by atoms with E-state index in [1.165, 1.54) is 12.4 Å². The number of aromatic carboxylic acids is 1. The Morgan fingerprint density at radius 3 is 2.56 bits per heavy atom. The first-order chi connectivity index (χ1) is 8.66. The van der Waals surface area contributed by atoms with Gasteiger partial charge in [-0.1, -0.05) is 23.7 Å². The zero-order valence-electron chi connectivity index (χ0n) is 9.21. The molecule has 5 nitrogen and oxygen atoms in total. The van der Waals surface area contributed by atoms with Gasteiger partial charge < -0.3 is 9.84 Å². The molecule has 1 aromatic carbocycles. The Balaban J connectivity index is 2.10. The van der Waals surface area contributed by atoms with Crippen LogP contribution in [0, 0.1) is 0 Å². The molecule has 2 rings (SSSR count). The lowest BCUT2D eigenvalue weighted by Crippen LogP contribution is -2.07. The fraction of sp³-hybridized carbons (Fsp3) is 0.0833. The van der Waals surface area contributed by atoms with Crippen molar-refractivity contribution in [2.24, 2.45) is 0 Å². The van der Waals surface area contributed by atoms with Crippen LogP contribution in [0.3, 0.4) is 0 Å². The van der Waals surface area contributed by atoms with Crippen molar-refractivity contribution in [3.8, 4) is 5.88 Å². The summed E-state index contributed by atoms with van der Waals surface area (Å²) in [6.45, 7) is 0.205. The van der Waals surface area contributed by atoms with E-state index in [9.17, 15) is 4.79 Å². The molecule has 0 bridgehead atoms. The third kappa shape index (κ3) is 2.95. The fourth-order valence-electron chi connectivity index (χ4n) is 1.31. The van der Waals surface area contributed by atoms with E-state index in [2.05, 4.69) is 9.97 Å². The summed E-state index contributed by atoms with van der Waals surface area (Å²) in [6, 6.07) is 7.04. The summed E-state index contributed by atoms with van der Waals surface area (Å²) in [6.07, 6.45) is 2.68. The Bertz CT molecular complexity index is 558. The molecule has 18 heavy (non-hydrogen) atoms. The number of hydrogen-bond acceptors (Lipinski definition) is 4. The molecule has 0 unspecified atom stereocenters. The summed E-state index contributed by atoms with van der Waals surface area (Å²) in [5.41, 5.74) is 0.660. The molecule has 2 aromatic rings. The smallest absolute Gasteiger partial charge is 0.360 e. The predicted octanol–water partition coefficient (Wildman–Crippen LogP) is 2.41. The van der Waals surface area contributed by atoms with Crippen LogP contribution in [-0.4, -0.2) is 21.0 Å². The molecule has 0 amide bonds. The zero-order valence-corrected chi connectivity index (χ0v) is 9.96. The molecule has 6 heteroatoms. The highest BCUT2D eigenvalue weighted by Gasteiger charge is 2.13. The van der Waals surface area contributed by atoms with E-state index in [0.717, 1.165) is 5.56 Å². The maximum atomic E-state index is 10.9. The van der Waals surface area contributed by atoms with Gasteiger partial charge >= 0.3 is 5.97 Å². The van der Waals surface area contributed by atoms with Crippen molar-refractivity contribution in [1.29, 1.82) is 0 Å². The van der Waals surface area contributed by atoms with Gasteiger partial charge in [-0.15, -0.1) is 0 Å². The van der Waals surface area contributed by atoms with Crippen LogP contribution in [0.1, 0.15) is 16.1 Å². The summed E-state index contributed by atoms with van der Waals surface area (Å²) < 4.78 is 5.33. The number of carboxylic acid groups (broad SMARTS) is 1. The largest absolute Gasteiger partial charge is 0.476 e. The summed E-state index contributed by atoms with van der Waals surface area (Å²) in [5, 5.41) is 9.53. The predicted molar refractivity (Wildman–Crippen MR) is 64.8 cm³/mol. The molecule has 0 saturated heterocycles. The first-order valence-corrected chi connectivity index (χ1v) is 5.46. The molecule has 1 heterocycles. The first-order valence-electron chi connectivity index (χ1n) is 5.08. The number of halogens is 1. The summed E-state index contributed by atoms with van der Waals surface area (Å²) in [7, 11) is 0. The van der Waals surface area contributed by atoms with Crippen LogP contribution in [0.4, 0.5) is 0 Å². The van der Waals surface area contributed by atoms with Crippen LogP contribution in [0.15, 0.2) is 36.7 Å². The summed E-state index contributed by atoms with van der Waals surface area (Å²) >= 11 is 5.75. The van der Waals surface area contributed by atoms with Crippen molar-refractivity contribution >= 4 is 17.6 Å². The molecule has 0 saturated carbocycles. The normalized spacial score (nSPS) is 10.1. The molecule has 0 aliphatic rings. The molecule has 0 aliphatic carbocycles. The SMILES string of the molecule is O=C(O)c1nccnc1OCc1ccc(Cl)cc1. The van der Waals surface area contributed by atoms with Gasteiger partial charge in [-0.25, -0.2) is 14.8 Å². The Labute approximate surface area is 108 Å². The van der Waals surface area contributed by atoms with Crippen molar-refractivity contribution in [3.05, 3.63) is 52.9 Å². The molecule has 92 valence electrons. The highest BCUT2D eigenvalue weighted by molar-refractivity contribution is 6.30. The fourth-order valence-corrected chi connectivity index (χ4v) is 1.44. The molecule has 1 N–H and O–H groups in total. The van der Waals surface area contributed by atoms with Crippen molar-refractivity contribution < 1.29 is 14.6 Å². The molecule has 0 fully saturated rings. The Morgan fingerprint density at radius 1 is 1.22 bits per heavy atom. The number of benzene rings is 1. The van der Waals surface area contributed by atoms with Crippen LogP contribution in [0.2, 0.25) is 5.02 Å². The Morgan fingerprint density at radius 2 is 1.89 bits per heavy atom. The average Bonchev–Trinajstić information content (AvgIpc) is 2.38. The molecule has 0 spiro atoms. The Hall–Kier alpha value is -2.14. The lowest BCUT2D eigenvalue weighted by atomic mass is 10.2. The van der Waals surface area contributed by atoms with Crippen LogP contribution in [-0.2, 0) is 6.61 Å². The van der Waals surface area contributed by atoms with Crippen LogP contribution < -0.4 is 4.74 Å². The quantitative estimate of drug-likeness (QED) is 0.918. The number of aromatic nitrogens is 2. The first kappa shape index (κ1) is 12.3. The minimum atomic E-state index is -1.17. The van der Waals surface area contributed by atoms with E-state index in [4.69, 9.17) is 21.4 Å². The second kappa shape index (κ2) is 5.46. The van der Waals surface area contributed by atoms with Gasteiger partial charge in [0.15, 0.2) is 0 Å². The van der Waals surface area contributed by atoms with Crippen LogP contribution in [0.25, 0.3) is 0 Å². The van der Waals surface area contributed by atoms with Gasteiger partial charge in [0.1, 0.15) is 6.61 Å². The van der Waals surface area contributed by atoms with Gasteiger partial charge in [-0.3, -0.25) is 0 Å². The third-order valence-corrected chi connectivity index (χ3v) is 2.41. The molecule has 0 aliphatic heterocycles. The van der Waals surface area contributed by atoms with E-state index >= 15 is 0 Å². The van der Waals surface area contributed by atoms with Crippen LogP contribution in [0.5, 0.6) is 5.88 Å². The molecule has 0 atom stereocenters. The van der Waals surface area contributed by atoms with E-state index in [1.54, 1.807) is 24.3 Å². The molecular weight excluding hydrogens is 256 g/mol. The summed E-state index contributed by atoms with van der Waals surface area (Å²) in [4.78, 5) is 18.4. The molecule has 0 radical (unpaired) electrons. The molecular formula is C12H9ClN2O3. The van der Waals surface area contributed by atoms with E-state index < -0.39 is 5.97 Å². The van der Waals surface area contributed by atoms with Gasteiger partial charge in [-0.05, 0) is 17.7 Å². The monoisotopic (exact) mass is 264 g/mol. The number of hydrogen-bond donors (Lipinski definition) is 1. The number of carbonyl (C=O) groups is 1. The number of carboxylic acids is 1. The minimum Gasteiger partial charge on any atom is -0.476 e. The lowest BCUT2D eigenvalue weighted by Gasteiger charge is -2.06. The number of ether oxygens (including phenoxy) is 1. The van der Waals surface area contributed by atoms with Gasteiger partial charge in [0.05, 0.1) is 0 Å². The van der Waals surface area contributed by atoms with E-state index in [0.29, 0.717) is 5.02 Å². The summed E-state index contributed by atoms with van der Waals surface area (Å²) in [5.74, 6) is -1.17. The molecule has 1 aromatic heterocycles. The second-order valence-electron chi connectivity index (χ2n) is 3.43. The second-order valence-corrected chi connectivity index (χ2v) is 3.87. The van der Waals surface area contributed by atoms with Crippen molar-refractivity contribution in [2.45, 2.75) is 6.61 Å². The van der Waals surface area contributed by atoms with E-state index in [-0.39, 0.29) is 18.2 Å². The number of nitrogens with zero attached hydrogens (tertiary/aromatic N) is 2. The number of rotatable bonds is 4. The van der Waals surface area contributed by atoms with E-state index in [1.807, 2.05) is 0 Å². The van der Waals surface area contributed by atoms with Crippen LogP contribution >= 0.6 is 11.6 Å². The maximum Gasteiger partial charge on any atom is 0.360 e. The minimum absolute atomic E-state index is 0.0000463. The standard InChI is InChI=1S/C12H9ClN2O3/c13-9-3-1-8(2-4-9)7-18-11-10(12(16)17)14-5-6-15-11/h1-6H,7H2,(H,16,17). The van der Waals surface area contributed by atoms with Gasteiger partial charge in [0.25, 0.3) is 0 Å². The lowest BCUT2D eigenvalue weighted by molar-refractivity contribution is 0.0683. The third-order valence-electron chi connectivity index (χ3n) is 2.16. The maximum absolute atomic E-state index is 10.9. The van der Waals surface area contributed by atoms with Gasteiger partial charge in [0, 0.05) is 17.4 Å². The highest BCUT2D eigenvalue weighted by atomic mass is 35.5. The van der Waals surface area contributed by atoms with Crippen molar-refractivity contribution in [1.82, 2.24) is 9.97 Å². The highest BCUT2D eigenvalue weighted by Crippen LogP contribution is 2.15.